The van der Waals surface area contributed by atoms with Gasteiger partial charge in [-0.15, -0.1) is 0 Å². The quantitative estimate of drug-likeness (QED) is 0.517. The van der Waals surface area contributed by atoms with E-state index in [0.717, 1.165) is 11.8 Å². The Balaban J connectivity index is 3.72. The Labute approximate surface area is 46.9 Å². The maximum Gasteiger partial charge on any atom is 0.187 e. The molecule has 0 aliphatic carbocycles. The van der Waals surface area contributed by atoms with Crippen LogP contribution in [0.5, 0.6) is 0 Å². The van der Waals surface area contributed by atoms with Crippen molar-refractivity contribution < 1.29 is 10.2 Å². The van der Waals surface area contributed by atoms with Gasteiger partial charge in [-0.1, -0.05) is 11.8 Å². The maximum absolute atomic E-state index is 8.53. The molecule has 0 spiro atoms. The minimum atomic E-state index is -0.0208. The van der Waals surface area contributed by atoms with Gasteiger partial charge in [0.15, 0.2) is 5.09 Å². The Morgan fingerprint density at radius 3 is 1.86 bits per heavy atom. The number of hydrogen-bond donors (Lipinski definition) is 2. The standard InChI is InChI=1S/C4H8O2S/c1-3(5)4(6)7-2/h5-6H,1-2H3/b4-3-. The van der Waals surface area contributed by atoms with Crippen LogP contribution in [0.3, 0.4) is 0 Å². The van der Waals surface area contributed by atoms with Gasteiger partial charge in [-0.3, -0.25) is 0 Å². The number of hydrogen-bond acceptors (Lipinski definition) is 3. The highest BCUT2D eigenvalue weighted by molar-refractivity contribution is 8.02. The SMILES string of the molecule is CS/C(O)=C(/C)O. The van der Waals surface area contributed by atoms with Crippen LogP contribution in [-0.2, 0) is 0 Å². The minimum absolute atomic E-state index is 0.0139. The fourth-order valence-electron chi connectivity index (χ4n) is 0.148. The molecule has 7 heavy (non-hydrogen) atoms. The van der Waals surface area contributed by atoms with Crippen molar-refractivity contribution in [1.29, 1.82) is 0 Å². The summed E-state index contributed by atoms with van der Waals surface area (Å²) >= 11 is 1.12. The lowest BCUT2D eigenvalue weighted by Gasteiger charge is -1.91. The largest absolute Gasteiger partial charge is 0.508 e. The van der Waals surface area contributed by atoms with Crippen LogP contribution in [0.1, 0.15) is 6.92 Å². The van der Waals surface area contributed by atoms with Crippen molar-refractivity contribution >= 4 is 11.8 Å². The van der Waals surface area contributed by atoms with Crippen molar-refractivity contribution in [1.82, 2.24) is 0 Å². The zero-order valence-electron chi connectivity index (χ0n) is 4.30. The van der Waals surface area contributed by atoms with Crippen molar-refractivity contribution in [2.24, 2.45) is 0 Å². The highest BCUT2D eigenvalue weighted by Crippen LogP contribution is 2.09. The Kier molecular flexibility index (Phi) is 2.67. The molecule has 2 nitrogen and oxygen atoms in total. The highest BCUT2D eigenvalue weighted by atomic mass is 32.2. The zero-order chi connectivity index (χ0) is 5.86. The van der Waals surface area contributed by atoms with E-state index in [-0.39, 0.29) is 10.9 Å². The molecule has 2 N–H and O–H groups in total. The van der Waals surface area contributed by atoms with E-state index in [9.17, 15) is 0 Å². The van der Waals surface area contributed by atoms with Gasteiger partial charge < -0.3 is 10.2 Å². The summed E-state index contributed by atoms with van der Waals surface area (Å²) in [6, 6.07) is 0. The molecular weight excluding hydrogens is 112 g/mol. The van der Waals surface area contributed by atoms with Crippen molar-refractivity contribution in [3.63, 3.8) is 0 Å². The van der Waals surface area contributed by atoms with Crippen LogP contribution in [0.2, 0.25) is 0 Å². The van der Waals surface area contributed by atoms with Crippen LogP contribution in [0.25, 0.3) is 0 Å². The van der Waals surface area contributed by atoms with Gasteiger partial charge in [-0.25, -0.2) is 0 Å². The van der Waals surface area contributed by atoms with Gasteiger partial charge in [0, 0.05) is 0 Å². The predicted octanol–water partition coefficient (Wildman–Crippen LogP) is 1.65. The summed E-state index contributed by atoms with van der Waals surface area (Å²) in [7, 11) is 0. The third-order valence-corrected chi connectivity index (χ3v) is 1.18. The normalized spacial score (nSPS) is 13.4. The Bertz CT molecular complexity index is 83.7. The van der Waals surface area contributed by atoms with E-state index in [2.05, 4.69) is 0 Å². The molecule has 0 aromatic carbocycles. The van der Waals surface area contributed by atoms with E-state index in [1.807, 2.05) is 0 Å². The van der Waals surface area contributed by atoms with Crippen LogP contribution >= 0.6 is 11.8 Å². The van der Waals surface area contributed by atoms with Crippen LogP contribution < -0.4 is 0 Å². The van der Waals surface area contributed by atoms with Gasteiger partial charge in [0.25, 0.3) is 0 Å². The van der Waals surface area contributed by atoms with E-state index < -0.39 is 0 Å². The van der Waals surface area contributed by atoms with Crippen LogP contribution in [0.4, 0.5) is 0 Å². The summed E-state index contributed by atoms with van der Waals surface area (Å²) in [5, 5.41) is 16.9. The first-order valence-corrected chi connectivity index (χ1v) is 3.03. The van der Waals surface area contributed by atoms with Gasteiger partial charge in [0.05, 0.1) is 0 Å². The first-order valence-electron chi connectivity index (χ1n) is 1.81. The first-order chi connectivity index (χ1) is 3.18. The fourth-order valence-corrected chi connectivity index (χ4v) is 0.443. The molecule has 0 amide bonds. The summed E-state index contributed by atoms with van der Waals surface area (Å²) in [6.45, 7) is 1.44. The second kappa shape index (κ2) is 2.80. The average molecular weight is 120 g/mol. The van der Waals surface area contributed by atoms with E-state index in [0.29, 0.717) is 0 Å². The molecule has 0 saturated carbocycles. The molecule has 0 atom stereocenters. The molecule has 0 rings (SSSR count). The third-order valence-electron chi connectivity index (χ3n) is 0.503. The lowest BCUT2D eigenvalue weighted by molar-refractivity contribution is 0.354. The molecule has 0 aliphatic rings. The average Bonchev–Trinajstić information content (AvgIpc) is 1.65. The fraction of sp³-hybridized carbons (Fsp3) is 0.500. The number of allylic oxidation sites excluding steroid dienone is 1. The van der Waals surface area contributed by atoms with Crippen LogP contribution in [-0.4, -0.2) is 16.5 Å². The monoisotopic (exact) mass is 120 g/mol. The maximum atomic E-state index is 8.53. The van der Waals surface area contributed by atoms with E-state index in [4.69, 9.17) is 10.2 Å². The lowest BCUT2D eigenvalue weighted by atomic mass is 10.6. The molecule has 0 saturated heterocycles. The van der Waals surface area contributed by atoms with Gasteiger partial charge >= 0.3 is 0 Å². The highest BCUT2D eigenvalue weighted by Gasteiger charge is 1.90. The van der Waals surface area contributed by atoms with Crippen molar-refractivity contribution in [2.75, 3.05) is 6.26 Å². The summed E-state index contributed by atoms with van der Waals surface area (Å²) in [6.07, 6.45) is 1.69. The summed E-state index contributed by atoms with van der Waals surface area (Å²) in [5.41, 5.74) is 0. The van der Waals surface area contributed by atoms with Gasteiger partial charge in [-0.05, 0) is 13.2 Å². The predicted molar refractivity (Wildman–Crippen MR) is 31.5 cm³/mol. The third kappa shape index (κ3) is 2.39. The number of thioether (sulfide) groups is 1. The van der Waals surface area contributed by atoms with Crippen molar-refractivity contribution in [2.45, 2.75) is 6.92 Å². The van der Waals surface area contributed by atoms with Crippen LogP contribution in [0.15, 0.2) is 10.9 Å². The van der Waals surface area contributed by atoms with Gasteiger partial charge in [0.2, 0.25) is 0 Å². The van der Waals surface area contributed by atoms with E-state index in [1.165, 1.54) is 6.92 Å². The van der Waals surface area contributed by atoms with Crippen LogP contribution in [0, 0.1) is 0 Å². The smallest absolute Gasteiger partial charge is 0.187 e. The number of aliphatic hydroxyl groups excluding tert-OH is 2. The molecule has 0 aliphatic heterocycles. The Hall–Kier alpha value is -0.310. The topological polar surface area (TPSA) is 40.5 Å². The second-order valence-electron chi connectivity index (χ2n) is 1.09. The molecule has 0 bridgehead atoms. The lowest BCUT2D eigenvalue weighted by Crippen LogP contribution is -1.77. The molecule has 0 unspecified atom stereocenters. The summed E-state index contributed by atoms with van der Waals surface area (Å²) < 4.78 is 0. The molecule has 0 radical (unpaired) electrons. The zero-order valence-corrected chi connectivity index (χ0v) is 5.12. The molecule has 0 aromatic rings. The minimum Gasteiger partial charge on any atom is -0.508 e. The first kappa shape index (κ1) is 6.69. The molecule has 3 heteroatoms. The van der Waals surface area contributed by atoms with Gasteiger partial charge in [-0.2, -0.15) is 0 Å². The molecule has 0 heterocycles. The molecule has 42 valence electrons. The van der Waals surface area contributed by atoms with E-state index in [1.54, 1.807) is 6.26 Å². The molecule has 0 aromatic heterocycles. The second-order valence-corrected chi connectivity index (χ2v) is 1.89. The number of aliphatic hydroxyl groups is 2. The van der Waals surface area contributed by atoms with Gasteiger partial charge in [0.1, 0.15) is 5.76 Å². The molecular formula is C4H8O2S. The Morgan fingerprint density at radius 1 is 1.43 bits per heavy atom. The molecule has 0 fully saturated rings. The van der Waals surface area contributed by atoms with Crippen molar-refractivity contribution in [3.8, 4) is 0 Å². The van der Waals surface area contributed by atoms with Crippen molar-refractivity contribution in [3.05, 3.63) is 10.9 Å². The number of rotatable bonds is 1. The Morgan fingerprint density at radius 2 is 1.86 bits per heavy atom. The summed E-state index contributed by atoms with van der Waals surface area (Å²) in [4.78, 5) is 0. The summed E-state index contributed by atoms with van der Waals surface area (Å²) in [5.74, 6) is -0.0208. The van der Waals surface area contributed by atoms with E-state index >= 15 is 0 Å².